The third-order valence-electron chi connectivity index (χ3n) is 5.59. The molecule has 0 bridgehead atoms. The van der Waals surface area contributed by atoms with Crippen molar-refractivity contribution in [3.05, 3.63) is 92.0 Å². The predicted molar refractivity (Wildman–Crippen MR) is 139 cm³/mol. The topological polar surface area (TPSA) is 155 Å². The minimum atomic E-state index is -0.774. The summed E-state index contributed by atoms with van der Waals surface area (Å²) in [5, 5.41) is 26.2. The molecule has 3 aromatic carbocycles. The maximum absolute atomic E-state index is 12.1. The van der Waals surface area contributed by atoms with Gasteiger partial charge < -0.3 is 14.2 Å². The van der Waals surface area contributed by atoms with Crippen molar-refractivity contribution in [1.29, 1.82) is 0 Å². The Morgan fingerprint density at radius 1 is 1.00 bits per heavy atom. The first-order valence-electron chi connectivity index (χ1n) is 11.5. The van der Waals surface area contributed by atoms with E-state index in [0.717, 1.165) is 24.6 Å². The molecule has 3 rings (SSSR count). The molecular formula is C26H26N4O8. The summed E-state index contributed by atoms with van der Waals surface area (Å²) in [7, 11) is 1.38. The summed E-state index contributed by atoms with van der Waals surface area (Å²) in [5.41, 5.74) is 3.10. The zero-order chi connectivity index (χ0) is 27.7. The Balaban J connectivity index is 1.61. The summed E-state index contributed by atoms with van der Waals surface area (Å²) in [6, 6.07) is 15.2. The quantitative estimate of drug-likeness (QED) is 0.190. The maximum Gasteiger partial charge on any atom is 0.318 e. The van der Waals surface area contributed by atoms with E-state index in [1.54, 1.807) is 6.07 Å². The highest BCUT2D eigenvalue weighted by atomic mass is 16.6. The molecule has 38 heavy (non-hydrogen) atoms. The molecule has 1 N–H and O–H groups in total. The Hall–Kier alpha value is -5.00. The van der Waals surface area contributed by atoms with E-state index >= 15 is 0 Å². The zero-order valence-corrected chi connectivity index (χ0v) is 21.0. The minimum Gasteiger partial charge on any atom is -0.493 e. The molecule has 0 aromatic heterocycles. The fraction of sp³-hybridized carbons (Fsp3) is 0.231. The number of nitrogens with one attached hydrogen (secondary N) is 1. The van der Waals surface area contributed by atoms with Crippen molar-refractivity contribution in [3.8, 4) is 23.0 Å². The molecule has 0 aliphatic carbocycles. The monoisotopic (exact) mass is 522 g/mol. The van der Waals surface area contributed by atoms with Gasteiger partial charge in [-0.15, -0.1) is 0 Å². The number of hydrogen-bond donors (Lipinski definition) is 1. The van der Waals surface area contributed by atoms with Gasteiger partial charge in [-0.2, -0.15) is 5.10 Å². The molecule has 198 valence electrons. The molecular weight excluding hydrogens is 496 g/mol. The molecule has 0 radical (unpaired) electrons. The van der Waals surface area contributed by atoms with Gasteiger partial charge >= 0.3 is 5.69 Å². The van der Waals surface area contributed by atoms with Gasteiger partial charge in [0.05, 0.1) is 29.2 Å². The molecule has 0 saturated carbocycles. The number of amides is 1. The Labute approximate surface area is 218 Å². The number of nitrogens with zero attached hydrogens (tertiary/aromatic N) is 3. The molecule has 0 aliphatic heterocycles. The molecule has 1 unspecified atom stereocenters. The standard InChI is InChI=1S/C26H26N4O8/c1-4-17(2)19-6-9-21(10-7-19)37-16-26(31)28-27-15-18-5-11-24(25(13-18)36-3)38-23-12-8-20(29(32)33)14-22(23)30(34)35/h5-15,17H,4,16H2,1-3H3,(H,28,31). The van der Waals surface area contributed by atoms with E-state index < -0.39 is 27.1 Å². The summed E-state index contributed by atoms with van der Waals surface area (Å²) < 4.78 is 16.4. The highest BCUT2D eigenvalue weighted by Crippen LogP contribution is 2.38. The second kappa shape index (κ2) is 12.8. The average Bonchev–Trinajstić information content (AvgIpc) is 2.92. The van der Waals surface area contributed by atoms with Gasteiger partial charge in [-0.1, -0.05) is 26.0 Å². The molecule has 0 fully saturated rings. The first kappa shape index (κ1) is 27.6. The minimum absolute atomic E-state index is 0.137. The van der Waals surface area contributed by atoms with Crippen molar-refractivity contribution in [2.45, 2.75) is 26.2 Å². The number of nitro groups is 2. The molecule has 12 heteroatoms. The second-order valence-corrected chi connectivity index (χ2v) is 8.14. The van der Waals surface area contributed by atoms with Crippen LogP contribution in [-0.2, 0) is 4.79 Å². The van der Waals surface area contributed by atoms with Crippen LogP contribution in [-0.4, -0.2) is 35.7 Å². The molecule has 0 spiro atoms. The summed E-state index contributed by atoms with van der Waals surface area (Å²) in [5.74, 6) is 0.730. The van der Waals surface area contributed by atoms with Gasteiger partial charge in [0.2, 0.25) is 5.75 Å². The van der Waals surface area contributed by atoms with Crippen molar-refractivity contribution in [2.75, 3.05) is 13.7 Å². The van der Waals surface area contributed by atoms with Gasteiger partial charge in [0.25, 0.3) is 11.6 Å². The van der Waals surface area contributed by atoms with Crippen molar-refractivity contribution in [1.82, 2.24) is 5.43 Å². The van der Waals surface area contributed by atoms with E-state index in [1.165, 1.54) is 31.0 Å². The summed E-state index contributed by atoms with van der Waals surface area (Å²) in [4.78, 5) is 32.8. The van der Waals surface area contributed by atoms with E-state index in [0.29, 0.717) is 17.2 Å². The predicted octanol–water partition coefficient (Wildman–Crippen LogP) is 5.35. The van der Waals surface area contributed by atoms with Crippen molar-refractivity contribution in [3.63, 3.8) is 0 Å². The van der Waals surface area contributed by atoms with Crippen LogP contribution in [0.2, 0.25) is 0 Å². The van der Waals surface area contributed by atoms with E-state index in [-0.39, 0.29) is 23.9 Å². The van der Waals surface area contributed by atoms with Gasteiger partial charge in [0.1, 0.15) is 5.75 Å². The highest BCUT2D eigenvalue weighted by molar-refractivity contribution is 5.83. The molecule has 1 amide bonds. The molecule has 0 aliphatic rings. The number of carbonyl (C=O) groups is 1. The number of nitro benzene ring substituents is 2. The molecule has 0 saturated heterocycles. The molecule has 1 atom stereocenters. The van der Waals surface area contributed by atoms with Crippen LogP contribution < -0.4 is 19.6 Å². The molecule has 3 aromatic rings. The Morgan fingerprint density at radius 3 is 2.34 bits per heavy atom. The number of rotatable bonds is 12. The van der Waals surface area contributed by atoms with Gasteiger partial charge in [0, 0.05) is 6.07 Å². The van der Waals surface area contributed by atoms with E-state index in [9.17, 15) is 25.0 Å². The lowest BCUT2D eigenvalue weighted by Crippen LogP contribution is -2.24. The van der Waals surface area contributed by atoms with Crippen LogP contribution in [0.15, 0.2) is 65.8 Å². The van der Waals surface area contributed by atoms with Crippen LogP contribution in [0.4, 0.5) is 11.4 Å². The van der Waals surface area contributed by atoms with Crippen molar-refractivity contribution >= 4 is 23.5 Å². The van der Waals surface area contributed by atoms with Gasteiger partial charge in [-0.3, -0.25) is 25.0 Å². The lowest BCUT2D eigenvalue weighted by molar-refractivity contribution is -0.394. The van der Waals surface area contributed by atoms with E-state index in [4.69, 9.17) is 14.2 Å². The number of methoxy groups -OCH3 is 1. The largest absolute Gasteiger partial charge is 0.493 e. The summed E-state index contributed by atoms with van der Waals surface area (Å²) in [6.45, 7) is 4.04. The number of benzene rings is 3. The smallest absolute Gasteiger partial charge is 0.318 e. The van der Waals surface area contributed by atoms with Gasteiger partial charge in [-0.05, 0) is 59.9 Å². The third kappa shape index (κ3) is 7.26. The fourth-order valence-electron chi connectivity index (χ4n) is 3.30. The lowest BCUT2D eigenvalue weighted by Gasteiger charge is -2.11. The summed E-state index contributed by atoms with van der Waals surface area (Å²) >= 11 is 0. The fourth-order valence-corrected chi connectivity index (χ4v) is 3.30. The molecule has 0 heterocycles. The Bertz CT molecular complexity index is 1340. The van der Waals surface area contributed by atoms with Crippen LogP contribution >= 0.6 is 0 Å². The number of carbonyl (C=O) groups excluding carboxylic acids is 1. The number of hydrogen-bond acceptors (Lipinski definition) is 9. The first-order chi connectivity index (χ1) is 18.2. The number of ether oxygens (including phenoxy) is 3. The Morgan fingerprint density at radius 2 is 1.71 bits per heavy atom. The molecule has 12 nitrogen and oxygen atoms in total. The van der Waals surface area contributed by atoms with Crippen LogP contribution in [0.25, 0.3) is 0 Å². The third-order valence-corrected chi connectivity index (χ3v) is 5.59. The lowest BCUT2D eigenvalue weighted by atomic mass is 9.99. The Kier molecular flexibility index (Phi) is 9.30. The van der Waals surface area contributed by atoms with Crippen LogP contribution in [0.3, 0.4) is 0 Å². The van der Waals surface area contributed by atoms with Crippen LogP contribution in [0.1, 0.15) is 37.3 Å². The zero-order valence-electron chi connectivity index (χ0n) is 21.0. The highest BCUT2D eigenvalue weighted by Gasteiger charge is 2.22. The van der Waals surface area contributed by atoms with E-state index in [2.05, 4.69) is 24.4 Å². The van der Waals surface area contributed by atoms with Gasteiger partial charge in [0.15, 0.2) is 18.1 Å². The number of non-ortho nitro benzene ring substituents is 1. The average molecular weight is 523 g/mol. The second-order valence-electron chi connectivity index (χ2n) is 8.14. The SMILES string of the molecule is CCC(C)c1ccc(OCC(=O)NN=Cc2ccc(Oc3ccc([N+](=O)[O-])cc3[N+](=O)[O-])c(OC)c2)cc1. The summed E-state index contributed by atoms with van der Waals surface area (Å²) in [6.07, 6.45) is 2.41. The van der Waals surface area contributed by atoms with E-state index in [1.807, 2.05) is 24.3 Å². The van der Waals surface area contributed by atoms with Gasteiger partial charge in [-0.25, -0.2) is 5.43 Å². The number of hydrazone groups is 1. The van der Waals surface area contributed by atoms with Crippen LogP contribution in [0.5, 0.6) is 23.0 Å². The maximum atomic E-state index is 12.1. The van der Waals surface area contributed by atoms with Crippen molar-refractivity contribution in [2.24, 2.45) is 5.10 Å². The first-order valence-corrected chi connectivity index (χ1v) is 11.5. The normalized spacial score (nSPS) is 11.6. The van der Waals surface area contributed by atoms with Crippen LogP contribution in [0, 0.1) is 20.2 Å². The van der Waals surface area contributed by atoms with Crippen molar-refractivity contribution < 1.29 is 28.9 Å².